The number of ketones is 1. The minimum absolute atomic E-state index is 0.103. The molecule has 1 aromatic heterocycles. The number of nitrogens with zero attached hydrogens (tertiary/aromatic N) is 2. The van der Waals surface area contributed by atoms with Gasteiger partial charge in [0.2, 0.25) is 5.91 Å². The Kier molecular flexibility index (Phi) is 6.41. The standard InChI is InChI=1S/C24H25N3O5S/c28-19(16-2-6-20-21(14-16)32-11-1-10-31-20)5-7-23(29)25-17-3-4-18-22(15-17)33-24(26-18)27-8-12-30-13-9-27/h2-4,6,14-15H,1,5,7-13H2,(H,25,29). The summed E-state index contributed by atoms with van der Waals surface area (Å²) in [6, 6.07) is 10.9. The molecule has 0 radical (unpaired) electrons. The molecule has 0 saturated carbocycles. The Morgan fingerprint density at radius 3 is 2.64 bits per heavy atom. The van der Waals surface area contributed by atoms with Crippen LogP contribution in [0.4, 0.5) is 10.8 Å². The van der Waals surface area contributed by atoms with Crippen molar-refractivity contribution in [3.05, 3.63) is 42.0 Å². The molecule has 2 aliphatic heterocycles. The number of thiazole rings is 1. The maximum atomic E-state index is 12.6. The molecule has 0 unspecified atom stereocenters. The van der Waals surface area contributed by atoms with Crippen LogP contribution in [-0.2, 0) is 9.53 Å². The summed E-state index contributed by atoms with van der Waals surface area (Å²) in [5.41, 5.74) is 2.13. The zero-order valence-corrected chi connectivity index (χ0v) is 19.0. The largest absolute Gasteiger partial charge is 0.490 e. The maximum Gasteiger partial charge on any atom is 0.224 e. The second-order valence-corrected chi connectivity index (χ2v) is 8.97. The minimum atomic E-state index is -0.199. The number of hydrogen-bond acceptors (Lipinski definition) is 8. The Hall–Kier alpha value is -3.17. The van der Waals surface area contributed by atoms with Crippen LogP contribution < -0.4 is 19.7 Å². The summed E-state index contributed by atoms with van der Waals surface area (Å²) >= 11 is 1.61. The number of fused-ring (bicyclic) bond motifs is 2. The summed E-state index contributed by atoms with van der Waals surface area (Å²) in [6.07, 6.45) is 1.03. The van der Waals surface area contributed by atoms with Gasteiger partial charge in [0.15, 0.2) is 22.4 Å². The van der Waals surface area contributed by atoms with Crippen molar-refractivity contribution in [1.82, 2.24) is 4.98 Å². The zero-order valence-electron chi connectivity index (χ0n) is 18.2. The molecule has 1 fully saturated rings. The molecule has 172 valence electrons. The molecule has 9 heteroatoms. The fraction of sp³-hybridized carbons (Fsp3) is 0.375. The molecule has 33 heavy (non-hydrogen) atoms. The molecular weight excluding hydrogens is 442 g/mol. The fourth-order valence-electron chi connectivity index (χ4n) is 3.81. The van der Waals surface area contributed by atoms with Gasteiger partial charge < -0.3 is 24.4 Å². The number of amides is 1. The number of carbonyl (C=O) groups is 2. The van der Waals surface area contributed by atoms with Gasteiger partial charge in [0, 0.05) is 43.6 Å². The van der Waals surface area contributed by atoms with E-state index in [4.69, 9.17) is 19.2 Å². The predicted octanol–water partition coefficient (Wildman–Crippen LogP) is 3.90. The summed E-state index contributed by atoms with van der Waals surface area (Å²) in [7, 11) is 0. The van der Waals surface area contributed by atoms with E-state index in [1.807, 2.05) is 18.2 Å². The van der Waals surface area contributed by atoms with Gasteiger partial charge in [0.05, 0.1) is 36.6 Å². The number of aromatic nitrogens is 1. The van der Waals surface area contributed by atoms with Crippen molar-refractivity contribution in [2.75, 3.05) is 49.7 Å². The number of morpholine rings is 1. The lowest BCUT2D eigenvalue weighted by Crippen LogP contribution is -2.36. The van der Waals surface area contributed by atoms with Gasteiger partial charge in [-0.3, -0.25) is 9.59 Å². The lowest BCUT2D eigenvalue weighted by Gasteiger charge is -2.25. The Labute approximate surface area is 195 Å². The third-order valence-corrected chi connectivity index (χ3v) is 6.67. The number of ether oxygens (including phenoxy) is 3. The lowest BCUT2D eigenvalue weighted by molar-refractivity contribution is -0.116. The molecule has 0 bridgehead atoms. The van der Waals surface area contributed by atoms with E-state index in [-0.39, 0.29) is 24.5 Å². The molecule has 2 aromatic carbocycles. The van der Waals surface area contributed by atoms with Gasteiger partial charge in [-0.1, -0.05) is 11.3 Å². The van der Waals surface area contributed by atoms with Gasteiger partial charge in [-0.2, -0.15) is 0 Å². The van der Waals surface area contributed by atoms with Gasteiger partial charge >= 0.3 is 0 Å². The summed E-state index contributed by atoms with van der Waals surface area (Å²) in [5.74, 6) is 0.929. The van der Waals surface area contributed by atoms with Gasteiger partial charge in [0.25, 0.3) is 0 Å². The number of carbonyl (C=O) groups excluding carboxylic acids is 2. The van der Waals surface area contributed by atoms with Crippen LogP contribution in [0.25, 0.3) is 10.2 Å². The molecule has 1 amide bonds. The number of rotatable bonds is 6. The lowest BCUT2D eigenvalue weighted by atomic mass is 10.1. The zero-order chi connectivity index (χ0) is 22.6. The molecule has 0 atom stereocenters. The SMILES string of the molecule is O=C(CCC(=O)c1ccc2c(c1)OCCCO2)Nc1ccc2nc(N3CCOCC3)sc2c1. The summed E-state index contributed by atoms with van der Waals surface area (Å²) < 4.78 is 17.7. The van der Waals surface area contributed by atoms with E-state index in [0.29, 0.717) is 49.2 Å². The molecule has 0 aliphatic carbocycles. The highest BCUT2D eigenvalue weighted by molar-refractivity contribution is 7.22. The molecule has 3 aromatic rings. The number of nitrogens with one attached hydrogen (secondary N) is 1. The first-order valence-corrected chi connectivity index (χ1v) is 11.9. The van der Waals surface area contributed by atoms with Crippen molar-refractivity contribution in [2.24, 2.45) is 0 Å². The average Bonchev–Trinajstić information content (AvgIpc) is 3.12. The Bertz CT molecular complexity index is 1170. The Morgan fingerprint density at radius 1 is 0.970 bits per heavy atom. The molecule has 2 aliphatic rings. The smallest absolute Gasteiger partial charge is 0.224 e. The van der Waals surface area contributed by atoms with E-state index in [9.17, 15) is 9.59 Å². The van der Waals surface area contributed by atoms with E-state index < -0.39 is 0 Å². The van der Waals surface area contributed by atoms with Crippen molar-refractivity contribution < 1.29 is 23.8 Å². The van der Waals surface area contributed by atoms with Crippen molar-refractivity contribution in [1.29, 1.82) is 0 Å². The van der Waals surface area contributed by atoms with Gasteiger partial charge in [-0.25, -0.2) is 4.98 Å². The van der Waals surface area contributed by atoms with Crippen molar-refractivity contribution >= 4 is 44.1 Å². The van der Waals surface area contributed by atoms with Gasteiger partial charge in [-0.05, 0) is 36.4 Å². The van der Waals surface area contributed by atoms with Crippen LogP contribution in [0, 0.1) is 0 Å². The maximum absolute atomic E-state index is 12.6. The molecule has 1 N–H and O–H groups in total. The monoisotopic (exact) mass is 467 g/mol. The highest BCUT2D eigenvalue weighted by Gasteiger charge is 2.17. The summed E-state index contributed by atoms with van der Waals surface area (Å²) in [6.45, 7) is 4.25. The first-order valence-electron chi connectivity index (χ1n) is 11.1. The number of hydrogen-bond donors (Lipinski definition) is 1. The normalized spacial score (nSPS) is 15.8. The second kappa shape index (κ2) is 9.76. The van der Waals surface area contributed by atoms with Crippen LogP contribution >= 0.6 is 11.3 Å². The quantitative estimate of drug-likeness (QED) is 0.550. The Balaban J connectivity index is 1.18. The number of anilines is 2. The fourth-order valence-corrected chi connectivity index (χ4v) is 4.87. The third kappa shape index (κ3) is 5.09. The highest BCUT2D eigenvalue weighted by atomic mass is 32.1. The summed E-state index contributed by atoms with van der Waals surface area (Å²) in [4.78, 5) is 32.0. The van der Waals surface area contributed by atoms with Crippen LogP contribution in [0.5, 0.6) is 11.5 Å². The van der Waals surface area contributed by atoms with Crippen LogP contribution in [0.1, 0.15) is 29.6 Å². The van der Waals surface area contributed by atoms with Crippen LogP contribution in [0.2, 0.25) is 0 Å². The topological polar surface area (TPSA) is 90.0 Å². The Morgan fingerprint density at radius 2 is 1.79 bits per heavy atom. The van der Waals surface area contributed by atoms with Crippen LogP contribution in [0.3, 0.4) is 0 Å². The van der Waals surface area contributed by atoms with Crippen molar-refractivity contribution in [2.45, 2.75) is 19.3 Å². The molecule has 1 saturated heterocycles. The number of benzene rings is 2. The minimum Gasteiger partial charge on any atom is -0.490 e. The molecule has 8 nitrogen and oxygen atoms in total. The first-order chi connectivity index (χ1) is 16.2. The van der Waals surface area contributed by atoms with Gasteiger partial charge in [0.1, 0.15) is 0 Å². The molecule has 0 spiro atoms. The van der Waals surface area contributed by atoms with Crippen LogP contribution in [0.15, 0.2) is 36.4 Å². The highest BCUT2D eigenvalue weighted by Crippen LogP contribution is 2.32. The van der Waals surface area contributed by atoms with E-state index in [1.165, 1.54) is 0 Å². The van der Waals surface area contributed by atoms with E-state index in [0.717, 1.165) is 34.9 Å². The van der Waals surface area contributed by atoms with Crippen molar-refractivity contribution in [3.63, 3.8) is 0 Å². The van der Waals surface area contributed by atoms with Crippen molar-refractivity contribution in [3.8, 4) is 11.5 Å². The summed E-state index contributed by atoms with van der Waals surface area (Å²) in [5, 5.41) is 3.87. The van der Waals surface area contributed by atoms with E-state index in [2.05, 4.69) is 10.2 Å². The number of Topliss-reactive ketones (excluding diaryl/α,β-unsaturated/α-hetero) is 1. The van der Waals surface area contributed by atoms with E-state index in [1.54, 1.807) is 29.5 Å². The average molecular weight is 468 g/mol. The van der Waals surface area contributed by atoms with Crippen LogP contribution in [-0.4, -0.2) is 56.2 Å². The second-order valence-electron chi connectivity index (χ2n) is 7.96. The molecular formula is C24H25N3O5S. The molecule has 5 rings (SSSR count). The third-order valence-electron chi connectivity index (χ3n) is 5.59. The predicted molar refractivity (Wildman–Crippen MR) is 127 cm³/mol. The van der Waals surface area contributed by atoms with E-state index >= 15 is 0 Å². The van der Waals surface area contributed by atoms with Gasteiger partial charge in [-0.15, -0.1) is 0 Å². The first kappa shape index (κ1) is 21.7. The molecule has 3 heterocycles.